The van der Waals surface area contributed by atoms with E-state index in [4.69, 9.17) is 0 Å². The van der Waals surface area contributed by atoms with Gasteiger partial charge in [0.25, 0.3) is 0 Å². The van der Waals surface area contributed by atoms with E-state index < -0.39 is 0 Å². The quantitative estimate of drug-likeness (QED) is 0.408. The third kappa shape index (κ3) is 6.32. The van der Waals surface area contributed by atoms with Crippen molar-refractivity contribution in [3.63, 3.8) is 0 Å². The fourth-order valence-corrected chi connectivity index (χ4v) is 3.36. The molecule has 1 unspecified atom stereocenters. The van der Waals surface area contributed by atoms with E-state index in [1.54, 1.807) is 0 Å². The molecule has 1 rings (SSSR count). The highest BCUT2D eigenvalue weighted by molar-refractivity contribution is 7.98. The van der Waals surface area contributed by atoms with E-state index >= 15 is 0 Å². The summed E-state index contributed by atoms with van der Waals surface area (Å²) < 4.78 is 0. The average molecular weight is 294 g/mol. The maximum Gasteiger partial charge on any atom is 0.0331 e. The highest BCUT2D eigenvalue weighted by atomic mass is 32.2. The van der Waals surface area contributed by atoms with Gasteiger partial charge in [-0.05, 0) is 30.9 Å². The average Bonchev–Trinajstić information content (AvgIpc) is 2.49. The van der Waals surface area contributed by atoms with Crippen molar-refractivity contribution in [2.24, 2.45) is 0 Å². The lowest BCUT2D eigenvalue weighted by molar-refractivity contribution is 0.472. The molecule has 1 aromatic carbocycles. The van der Waals surface area contributed by atoms with Crippen molar-refractivity contribution < 1.29 is 0 Å². The molecule has 1 atom stereocenters. The molecule has 0 aromatic heterocycles. The fraction of sp³-hybridized carbons (Fsp3) is 0.667. The largest absolute Gasteiger partial charge is 0.310 e. The molecule has 0 spiro atoms. The van der Waals surface area contributed by atoms with Crippen LogP contribution in [0.3, 0.4) is 0 Å². The lowest BCUT2D eigenvalue weighted by Gasteiger charge is -2.20. The monoisotopic (exact) mass is 293 g/mol. The van der Waals surface area contributed by atoms with Gasteiger partial charge in [0.15, 0.2) is 0 Å². The molecule has 2 heteroatoms. The number of rotatable bonds is 11. The molecule has 114 valence electrons. The van der Waals surface area contributed by atoms with Crippen molar-refractivity contribution in [3.8, 4) is 0 Å². The Kier molecular flexibility index (Phi) is 9.86. The first-order chi connectivity index (χ1) is 9.83. The van der Waals surface area contributed by atoms with E-state index in [1.807, 2.05) is 11.8 Å². The Hall–Kier alpha value is -0.470. The Balaban J connectivity index is 2.47. The summed E-state index contributed by atoms with van der Waals surface area (Å²) in [6, 6.07) is 9.36. The molecule has 20 heavy (non-hydrogen) atoms. The maximum atomic E-state index is 3.66. The third-order valence-corrected chi connectivity index (χ3v) is 4.62. The molecular weight excluding hydrogens is 262 g/mol. The summed E-state index contributed by atoms with van der Waals surface area (Å²) in [7, 11) is 0. The first-order valence-electron chi connectivity index (χ1n) is 8.19. The van der Waals surface area contributed by atoms with E-state index in [0.717, 1.165) is 6.54 Å². The predicted octanol–water partition coefficient (Wildman–Crippen LogP) is 5.81. The van der Waals surface area contributed by atoms with Crippen LogP contribution in [0.4, 0.5) is 0 Å². The highest BCUT2D eigenvalue weighted by Crippen LogP contribution is 2.29. The molecule has 0 aliphatic heterocycles. The first kappa shape index (κ1) is 17.6. The van der Waals surface area contributed by atoms with Crippen molar-refractivity contribution in [2.45, 2.75) is 69.7 Å². The SMILES string of the molecule is CCCCCCCCC(NCC)c1ccccc1SC. The van der Waals surface area contributed by atoms with Gasteiger partial charge in [-0.25, -0.2) is 0 Å². The number of benzene rings is 1. The van der Waals surface area contributed by atoms with Gasteiger partial charge in [0.2, 0.25) is 0 Å². The van der Waals surface area contributed by atoms with Crippen LogP contribution in [-0.2, 0) is 0 Å². The molecule has 0 saturated heterocycles. The summed E-state index contributed by atoms with van der Waals surface area (Å²) in [6.45, 7) is 5.53. The molecule has 0 radical (unpaired) electrons. The Morgan fingerprint density at radius 1 is 1.00 bits per heavy atom. The summed E-state index contributed by atoms with van der Waals surface area (Å²) in [4.78, 5) is 1.42. The number of hydrogen-bond donors (Lipinski definition) is 1. The molecule has 0 fully saturated rings. The van der Waals surface area contributed by atoms with Crippen LogP contribution in [0.25, 0.3) is 0 Å². The number of hydrogen-bond acceptors (Lipinski definition) is 2. The van der Waals surface area contributed by atoms with Crippen LogP contribution < -0.4 is 5.32 Å². The lowest BCUT2D eigenvalue weighted by atomic mass is 9.99. The van der Waals surface area contributed by atoms with Crippen molar-refractivity contribution in [3.05, 3.63) is 29.8 Å². The predicted molar refractivity (Wildman–Crippen MR) is 92.6 cm³/mol. The smallest absolute Gasteiger partial charge is 0.0331 e. The second kappa shape index (κ2) is 11.2. The Morgan fingerprint density at radius 3 is 2.40 bits per heavy atom. The minimum atomic E-state index is 0.523. The van der Waals surface area contributed by atoms with E-state index in [0.29, 0.717) is 6.04 Å². The molecule has 1 nitrogen and oxygen atoms in total. The molecule has 1 N–H and O–H groups in total. The zero-order chi connectivity index (χ0) is 14.6. The Bertz CT molecular complexity index is 351. The summed E-state index contributed by atoms with van der Waals surface area (Å²) in [5, 5.41) is 3.66. The van der Waals surface area contributed by atoms with Crippen molar-refractivity contribution >= 4 is 11.8 Å². The third-order valence-electron chi connectivity index (χ3n) is 3.81. The lowest BCUT2D eigenvalue weighted by Crippen LogP contribution is -2.21. The molecule has 0 heterocycles. The number of nitrogens with one attached hydrogen (secondary N) is 1. The highest BCUT2D eigenvalue weighted by Gasteiger charge is 2.13. The zero-order valence-electron chi connectivity index (χ0n) is 13.5. The van der Waals surface area contributed by atoms with Crippen molar-refractivity contribution in [1.82, 2.24) is 5.32 Å². The standard InChI is InChI=1S/C18H31NS/c1-4-6-7-8-9-10-14-17(19-5-2)16-13-11-12-15-18(16)20-3/h11-13,15,17,19H,4-10,14H2,1-3H3. The zero-order valence-corrected chi connectivity index (χ0v) is 14.3. The molecular formula is C18H31NS. The molecule has 0 amide bonds. The van der Waals surface area contributed by atoms with Gasteiger partial charge in [-0.15, -0.1) is 11.8 Å². The Morgan fingerprint density at radius 2 is 1.70 bits per heavy atom. The summed E-state index contributed by atoms with van der Waals surface area (Å²) in [5.74, 6) is 0. The van der Waals surface area contributed by atoms with Gasteiger partial charge in [0, 0.05) is 10.9 Å². The summed E-state index contributed by atoms with van der Waals surface area (Å²) in [6.07, 6.45) is 11.7. The van der Waals surface area contributed by atoms with Gasteiger partial charge in [0.1, 0.15) is 0 Å². The molecule has 0 saturated carbocycles. The number of unbranched alkanes of at least 4 members (excludes halogenated alkanes) is 5. The van der Waals surface area contributed by atoms with Crippen LogP contribution in [0.5, 0.6) is 0 Å². The van der Waals surface area contributed by atoms with E-state index in [2.05, 4.69) is 49.7 Å². The minimum absolute atomic E-state index is 0.523. The van der Waals surface area contributed by atoms with Crippen molar-refractivity contribution in [1.29, 1.82) is 0 Å². The van der Waals surface area contributed by atoms with E-state index in [9.17, 15) is 0 Å². The van der Waals surface area contributed by atoms with Gasteiger partial charge >= 0.3 is 0 Å². The second-order valence-corrected chi connectivity index (χ2v) is 6.26. The van der Waals surface area contributed by atoms with Crippen LogP contribution in [0.1, 0.15) is 70.4 Å². The van der Waals surface area contributed by atoms with Gasteiger partial charge in [-0.2, -0.15) is 0 Å². The topological polar surface area (TPSA) is 12.0 Å². The fourth-order valence-electron chi connectivity index (χ4n) is 2.70. The molecule has 0 aliphatic carbocycles. The van der Waals surface area contributed by atoms with Crippen LogP contribution in [0.2, 0.25) is 0 Å². The summed E-state index contributed by atoms with van der Waals surface area (Å²) in [5.41, 5.74) is 1.48. The van der Waals surface area contributed by atoms with Gasteiger partial charge in [-0.3, -0.25) is 0 Å². The van der Waals surface area contributed by atoms with E-state index in [-0.39, 0.29) is 0 Å². The van der Waals surface area contributed by atoms with Crippen LogP contribution in [-0.4, -0.2) is 12.8 Å². The van der Waals surface area contributed by atoms with Crippen molar-refractivity contribution in [2.75, 3.05) is 12.8 Å². The minimum Gasteiger partial charge on any atom is -0.310 e. The van der Waals surface area contributed by atoms with Gasteiger partial charge in [0.05, 0.1) is 0 Å². The van der Waals surface area contributed by atoms with Crippen LogP contribution >= 0.6 is 11.8 Å². The first-order valence-corrected chi connectivity index (χ1v) is 9.42. The normalized spacial score (nSPS) is 12.6. The molecule has 0 bridgehead atoms. The van der Waals surface area contributed by atoms with Gasteiger partial charge < -0.3 is 5.32 Å². The van der Waals surface area contributed by atoms with Crippen LogP contribution in [0, 0.1) is 0 Å². The summed E-state index contributed by atoms with van der Waals surface area (Å²) >= 11 is 1.86. The number of thioether (sulfide) groups is 1. The Labute approximate surface area is 129 Å². The second-order valence-electron chi connectivity index (χ2n) is 5.41. The van der Waals surface area contributed by atoms with E-state index in [1.165, 1.54) is 55.4 Å². The van der Waals surface area contributed by atoms with Crippen LogP contribution in [0.15, 0.2) is 29.2 Å². The molecule has 1 aromatic rings. The molecule has 0 aliphatic rings. The maximum absolute atomic E-state index is 3.66. The van der Waals surface area contributed by atoms with Gasteiger partial charge in [-0.1, -0.05) is 70.6 Å².